The number of hydrogen-bond donors (Lipinski definition) is 0. The second-order valence-corrected chi connectivity index (χ2v) is 5.92. The molecule has 1 saturated heterocycles. The Labute approximate surface area is 139 Å². The summed E-state index contributed by atoms with van der Waals surface area (Å²) in [5.41, 5.74) is 0.276. The van der Waals surface area contributed by atoms with Gasteiger partial charge in [-0.3, -0.25) is 14.5 Å². The third-order valence-corrected chi connectivity index (χ3v) is 4.20. The maximum absolute atomic E-state index is 11.9. The standard InChI is InChI=1S/C12H13NO5S.Na/c1-7-8(2)12(15)13(11(7)14)9-3-5-10(6-4-9)19(16,17)18;/h3-8H,1-2H3,(H,16,17,18);/q;+1/p-1. The van der Waals surface area contributed by atoms with E-state index in [0.29, 0.717) is 0 Å². The second kappa shape index (κ2) is 5.95. The van der Waals surface area contributed by atoms with Crippen molar-refractivity contribution in [2.45, 2.75) is 18.7 Å². The Kier molecular flexibility index (Phi) is 5.15. The first-order valence-corrected chi connectivity index (χ1v) is 7.08. The van der Waals surface area contributed by atoms with Crippen LogP contribution in [0, 0.1) is 11.8 Å². The molecular weight excluding hydrogens is 293 g/mol. The molecule has 2 atom stereocenters. The number of rotatable bonds is 2. The largest absolute Gasteiger partial charge is 1.00 e. The summed E-state index contributed by atoms with van der Waals surface area (Å²) in [5.74, 6) is -1.46. The number of carbonyl (C=O) groups excluding carboxylic acids is 2. The summed E-state index contributed by atoms with van der Waals surface area (Å²) in [6.07, 6.45) is 0. The Balaban J connectivity index is 0.00000200. The molecule has 0 spiro atoms. The van der Waals surface area contributed by atoms with E-state index in [0.717, 1.165) is 17.0 Å². The van der Waals surface area contributed by atoms with Gasteiger partial charge in [-0.25, -0.2) is 8.42 Å². The molecule has 0 aromatic heterocycles. The number of amides is 2. The van der Waals surface area contributed by atoms with Crippen LogP contribution in [0.4, 0.5) is 5.69 Å². The summed E-state index contributed by atoms with van der Waals surface area (Å²) in [4.78, 5) is 24.5. The van der Waals surface area contributed by atoms with Gasteiger partial charge >= 0.3 is 29.6 Å². The van der Waals surface area contributed by atoms with Gasteiger partial charge in [-0.05, 0) is 24.3 Å². The van der Waals surface area contributed by atoms with Gasteiger partial charge in [-0.2, -0.15) is 0 Å². The molecule has 6 nitrogen and oxygen atoms in total. The van der Waals surface area contributed by atoms with Gasteiger partial charge in [0.15, 0.2) is 0 Å². The maximum Gasteiger partial charge on any atom is 1.00 e. The van der Waals surface area contributed by atoms with E-state index in [-0.39, 0.29) is 47.1 Å². The van der Waals surface area contributed by atoms with Gasteiger partial charge in [-0.15, -0.1) is 0 Å². The predicted octanol–water partition coefficient (Wildman–Crippen LogP) is -2.26. The van der Waals surface area contributed by atoms with Crippen LogP contribution < -0.4 is 34.5 Å². The molecule has 2 amide bonds. The van der Waals surface area contributed by atoms with Crippen LogP contribution in [-0.2, 0) is 19.7 Å². The van der Waals surface area contributed by atoms with Crippen molar-refractivity contribution in [3.63, 3.8) is 0 Å². The zero-order chi connectivity index (χ0) is 14.4. The quantitative estimate of drug-likeness (QED) is 0.349. The third kappa shape index (κ3) is 2.96. The number of carbonyl (C=O) groups is 2. The zero-order valence-corrected chi connectivity index (χ0v) is 14.2. The minimum atomic E-state index is -4.53. The topological polar surface area (TPSA) is 94.6 Å². The molecule has 0 bridgehead atoms. The summed E-state index contributed by atoms with van der Waals surface area (Å²) >= 11 is 0. The van der Waals surface area contributed by atoms with Crippen molar-refractivity contribution in [2.75, 3.05) is 4.90 Å². The maximum atomic E-state index is 11.9. The molecule has 2 unspecified atom stereocenters. The molecule has 1 aliphatic rings. The average molecular weight is 305 g/mol. The van der Waals surface area contributed by atoms with E-state index in [1.165, 1.54) is 12.1 Å². The molecule has 0 radical (unpaired) electrons. The number of imide groups is 1. The van der Waals surface area contributed by atoms with Gasteiger partial charge in [0.25, 0.3) is 0 Å². The summed E-state index contributed by atoms with van der Waals surface area (Å²) in [6, 6.07) is 4.74. The monoisotopic (exact) mass is 305 g/mol. The summed E-state index contributed by atoms with van der Waals surface area (Å²) in [6.45, 7) is 3.34. The van der Waals surface area contributed by atoms with Gasteiger partial charge in [0.1, 0.15) is 10.1 Å². The minimum absolute atomic E-state index is 0. The normalized spacial score (nSPS) is 22.9. The predicted molar refractivity (Wildman–Crippen MR) is 65.2 cm³/mol. The molecule has 1 aromatic rings. The molecule has 1 aromatic carbocycles. The van der Waals surface area contributed by atoms with Crippen LogP contribution in [0.3, 0.4) is 0 Å². The van der Waals surface area contributed by atoms with Gasteiger partial charge in [0.05, 0.1) is 10.6 Å². The molecule has 0 saturated carbocycles. The van der Waals surface area contributed by atoms with Crippen molar-refractivity contribution in [3.8, 4) is 0 Å². The second-order valence-electron chi connectivity index (χ2n) is 4.54. The number of benzene rings is 1. The molecule has 20 heavy (non-hydrogen) atoms. The van der Waals surface area contributed by atoms with Gasteiger partial charge in [0.2, 0.25) is 11.8 Å². The van der Waals surface area contributed by atoms with Crippen LogP contribution in [0.25, 0.3) is 0 Å². The fraction of sp³-hybridized carbons (Fsp3) is 0.333. The van der Waals surface area contributed by atoms with E-state index in [1.54, 1.807) is 13.8 Å². The average Bonchev–Trinajstić information content (AvgIpc) is 2.53. The molecule has 8 heteroatoms. The molecular formula is C12H12NNaO5S. The van der Waals surface area contributed by atoms with Crippen LogP contribution in [0.1, 0.15) is 13.8 Å². The van der Waals surface area contributed by atoms with E-state index >= 15 is 0 Å². The van der Waals surface area contributed by atoms with Gasteiger partial charge < -0.3 is 4.55 Å². The number of anilines is 1. The van der Waals surface area contributed by atoms with E-state index in [9.17, 15) is 22.6 Å². The van der Waals surface area contributed by atoms with E-state index in [4.69, 9.17) is 0 Å². The Morgan fingerprint density at radius 1 is 1.00 bits per heavy atom. The molecule has 102 valence electrons. The zero-order valence-electron chi connectivity index (χ0n) is 11.4. The smallest absolute Gasteiger partial charge is 0.744 e. The van der Waals surface area contributed by atoms with E-state index < -0.39 is 26.8 Å². The Morgan fingerprint density at radius 2 is 1.40 bits per heavy atom. The van der Waals surface area contributed by atoms with Crippen molar-refractivity contribution in [2.24, 2.45) is 11.8 Å². The first kappa shape index (κ1) is 17.3. The first-order chi connectivity index (χ1) is 8.73. The summed E-state index contributed by atoms with van der Waals surface area (Å²) < 4.78 is 32.4. The Bertz CT molecular complexity index is 620. The van der Waals surface area contributed by atoms with E-state index in [1.807, 2.05) is 0 Å². The van der Waals surface area contributed by atoms with E-state index in [2.05, 4.69) is 0 Å². The van der Waals surface area contributed by atoms with Crippen molar-refractivity contribution in [1.82, 2.24) is 0 Å². The Morgan fingerprint density at radius 3 is 1.75 bits per heavy atom. The molecule has 1 fully saturated rings. The van der Waals surface area contributed by atoms with Gasteiger partial charge in [0, 0.05) is 11.8 Å². The molecule has 0 N–H and O–H groups in total. The molecule has 0 aliphatic carbocycles. The third-order valence-electron chi connectivity index (χ3n) is 3.35. The van der Waals surface area contributed by atoms with Crippen molar-refractivity contribution >= 4 is 27.6 Å². The molecule has 1 aliphatic heterocycles. The number of nitrogens with zero attached hydrogens (tertiary/aromatic N) is 1. The first-order valence-electron chi connectivity index (χ1n) is 5.67. The van der Waals surface area contributed by atoms with Crippen LogP contribution >= 0.6 is 0 Å². The fourth-order valence-corrected chi connectivity index (χ4v) is 2.43. The van der Waals surface area contributed by atoms with Crippen LogP contribution in [-0.4, -0.2) is 24.8 Å². The summed E-state index contributed by atoms with van der Waals surface area (Å²) in [5, 5.41) is 0. The van der Waals surface area contributed by atoms with Crippen LogP contribution in [0.15, 0.2) is 29.2 Å². The minimum Gasteiger partial charge on any atom is -0.744 e. The van der Waals surface area contributed by atoms with Crippen molar-refractivity contribution in [3.05, 3.63) is 24.3 Å². The SMILES string of the molecule is CC1C(=O)N(c2ccc(S(=O)(=O)[O-])cc2)C(=O)C1C.[Na+]. The fourth-order valence-electron chi connectivity index (χ4n) is 1.96. The van der Waals surface area contributed by atoms with Crippen molar-refractivity contribution < 1.29 is 52.1 Å². The van der Waals surface area contributed by atoms with Gasteiger partial charge in [-0.1, -0.05) is 13.8 Å². The number of hydrogen-bond acceptors (Lipinski definition) is 5. The summed E-state index contributed by atoms with van der Waals surface area (Å²) in [7, 11) is -4.53. The molecule has 1 heterocycles. The van der Waals surface area contributed by atoms with Crippen LogP contribution in [0.2, 0.25) is 0 Å². The Hall–Kier alpha value is -0.730. The van der Waals surface area contributed by atoms with Crippen molar-refractivity contribution in [1.29, 1.82) is 0 Å². The molecule has 2 rings (SSSR count). The van der Waals surface area contributed by atoms with Crippen LogP contribution in [0.5, 0.6) is 0 Å².